The summed E-state index contributed by atoms with van der Waals surface area (Å²) >= 11 is 0. The van der Waals surface area contributed by atoms with Gasteiger partial charge in [0.15, 0.2) is 0 Å². The molecular formula is C16H17F3N2O2. The first-order valence-corrected chi connectivity index (χ1v) is 6.94. The fourth-order valence-electron chi connectivity index (χ4n) is 2.01. The van der Waals surface area contributed by atoms with Crippen LogP contribution in [0.25, 0.3) is 0 Å². The maximum Gasteiger partial charge on any atom is 0.414 e. The number of allylic oxidation sites excluding steroid dienone is 2. The normalized spacial score (nSPS) is 14.5. The SMILES string of the molecule is CN(C)C(=O)Oc1ccccc1CN1C=CCC(C(F)(F)F)=C1. The highest BCUT2D eigenvalue weighted by Gasteiger charge is 2.34. The average Bonchev–Trinajstić information content (AvgIpc) is 2.48. The summed E-state index contributed by atoms with van der Waals surface area (Å²) in [4.78, 5) is 14.4. The molecule has 0 unspecified atom stereocenters. The predicted octanol–water partition coefficient (Wildman–Crippen LogP) is 3.91. The Balaban J connectivity index is 2.17. The van der Waals surface area contributed by atoms with Crippen LogP contribution in [-0.2, 0) is 6.54 Å². The maximum absolute atomic E-state index is 12.8. The van der Waals surface area contributed by atoms with Crippen LogP contribution < -0.4 is 4.74 Å². The van der Waals surface area contributed by atoms with Gasteiger partial charge in [0.1, 0.15) is 5.75 Å². The Hall–Kier alpha value is -2.44. The second kappa shape index (κ2) is 6.76. The van der Waals surface area contributed by atoms with Crippen molar-refractivity contribution in [2.45, 2.75) is 19.1 Å². The Bertz CT molecular complexity index is 636. The highest BCUT2D eigenvalue weighted by molar-refractivity contribution is 5.70. The van der Waals surface area contributed by atoms with Gasteiger partial charge in [0.2, 0.25) is 0 Å². The van der Waals surface area contributed by atoms with E-state index < -0.39 is 17.8 Å². The zero-order valence-electron chi connectivity index (χ0n) is 12.8. The lowest BCUT2D eigenvalue weighted by atomic mass is 10.1. The molecule has 0 spiro atoms. The molecule has 2 rings (SSSR count). The molecule has 1 aromatic carbocycles. The number of alkyl halides is 3. The average molecular weight is 326 g/mol. The van der Waals surface area contributed by atoms with E-state index in [2.05, 4.69) is 0 Å². The summed E-state index contributed by atoms with van der Waals surface area (Å²) in [6, 6.07) is 6.76. The molecular weight excluding hydrogens is 309 g/mol. The highest BCUT2D eigenvalue weighted by atomic mass is 19.4. The first-order chi connectivity index (χ1) is 10.8. The van der Waals surface area contributed by atoms with Crippen molar-refractivity contribution in [3.8, 4) is 5.75 Å². The molecule has 0 fully saturated rings. The molecule has 0 saturated carbocycles. The Morgan fingerprint density at radius 3 is 2.65 bits per heavy atom. The van der Waals surface area contributed by atoms with Crippen LogP contribution in [-0.4, -0.2) is 36.2 Å². The largest absolute Gasteiger partial charge is 0.414 e. The van der Waals surface area contributed by atoms with Gasteiger partial charge in [0, 0.05) is 32.1 Å². The number of ether oxygens (including phenoxy) is 1. The van der Waals surface area contributed by atoms with Crippen LogP contribution in [0.5, 0.6) is 5.75 Å². The van der Waals surface area contributed by atoms with E-state index in [0.29, 0.717) is 11.3 Å². The molecule has 0 radical (unpaired) electrons. The van der Waals surface area contributed by atoms with Gasteiger partial charge in [-0.2, -0.15) is 13.2 Å². The van der Waals surface area contributed by atoms with Crippen molar-refractivity contribution >= 4 is 6.09 Å². The number of halogens is 3. The Labute approximate surface area is 132 Å². The van der Waals surface area contributed by atoms with Crippen LogP contribution in [0.1, 0.15) is 12.0 Å². The van der Waals surface area contributed by atoms with Crippen molar-refractivity contribution in [2.24, 2.45) is 0 Å². The third-order valence-corrected chi connectivity index (χ3v) is 3.21. The number of hydrogen-bond donors (Lipinski definition) is 0. The summed E-state index contributed by atoms with van der Waals surface area (Å²) in [6.07, 6.45) is -0.920. The van der Waals surface area contributed by atoms with E-state index in [1.807, 2.05) is 0 Å². The summed E-state index contributed by atoms with van der Waals surface area (Å²) in [6.45, 7) is 0.174. The topological polar surface area (TPSA) is 32.8 Å². The number of rotatable bonds is 3. The molecule has 1 heterocycles. The van der Waals surface area contributed by atoms with Crippen LogP contribution in [0.4, 0.5) is 18.0 Å². The summed E-state index contributed by atoms with van der Waals surface area (Å²) < 4.78 is 43.6. The lowest BCUT2D eigenvalue weighted by Crippen LogP contribution is -2.26. The van der Waals surface area contributed by atoms with E-state index in [-0.39, 0.29) is 13.0 Å². The Kier molecular flexibility index (Phi) is 4.98. The van der Waals surface area contributed by atoms with Crippen LogP contribution in [0.3, 0.4) is 0 Å². The molecule has 1 aromatic rings. The molecule has 0 atom stereocenters. The number of benzene rings is 1. The minimum atomic E-state index is -4.35. The summed E-state index contributed by atoms with van der Waals surface area (Å²) in [5.41, 5.74) is 0.00907. The molecule has 0 bridgehead atoms. The van der Waals surface area contributed by atoms with Crippen molar-refractivity contribution in [2.75, 3.05) is 14.1 Å². The van der Waals surface area contributed by atoms with Crippen molar-refractivity contribution in [3.05, 3.63) is 53.9 Å². The van der Waals surface area contributed by atoms with Gasteiger partial charge in [-0.1, -0.05) is 24.3 Å². The number of para-hydroxylation sites is 1. The van der Waals surface area contributed by atoms with Crippen LogP contribution >= 0.6 is 0 Å². The molecule has 1 aliphatic rings. The van der Waals surface area contributed by atoms with E-state index in [0.717, 1.165) is 6.20 Å². The lowest BCUT2D eigenvalue weighted by Gasteiger charge is -2.23. The zero-order chi connectivity index (χ0) is 17.0. The van der Waals surface area contributed by atoms with Crippen molar-refractivity contribution in [1.29, 1.82) is 0 Å². The van der Waals surface area contributed by atoms with E-state index in [9.17, 15) is 18.0 Å². The molecule has 4 nitrogen and oxygen atoms in total. The number of hydrogen-bond acceptors (Lipinski definition) is 3. The minimum absolute atomic E-state index is 0.142. The number of amides is 1. The minimum Gasteiger partial charge on any atom is -0.410 e. The molecule has 0 saturated heterocycles. The predicted molar refractivity (Wildman–Crippen MR) is 79.6 cm³/mol. The van der Waals surface area contributed by atoms with Gasteiger partial charge in [-0.3, -0.25) is 0 Å². The molecule has 124 valence electrons. The highest BCUT2D eigenvalue weighted by Crippen LogP contribution is 2.31. The first-order valence-electron chi connectivity index (χ1n) is 6.94. The number of carbonyl (C=O) groups is 1. The van der Waals surface area contributed by atoms with E-state index in [1.165, 1.54) is 15.9 Å². The van der Waals surface area contributed by atoms with Crippen molar-refractivity contribution in [1.82, 2.24) is 9.80 Å². The van der Waals surface area contributed by atoms with Gasteiger partial charge < -0.3 is 14.5 Å². The van der Waals surface area contributed by atoms with Crippen LogP contribution in [0.2, 0.25) is 0 Å². The van der Waals surface area contributed by atoms with E-state index in [4.69, 9.17) is 4.74 Å². The smallest absolute Gasteiger partial charge is 0.410 e. The summed E-state index contributed by atoms with van der Waals surface area (Å²) in [5.74, 6) is 0.326. The van der Waals surface area contributed by atoms with Gasteiger partial charge in [0.25, 0.3) is 0 Å². The molecule has 0 aromatic heterocycles. The van der Waals surface area contributed by atoms with Crippen molar-refractivity contribution < 1.29 is 22.7 Å². The second-order valence-corrected chi connectivity index (χ2v) is 5.28. The first kappa shape index (κ1) is 16.9. The molecule has 0 N–H and O–H groups in total. The quantitative estimate of drug-likeness (QED) is 0.844. The zero-order valence-corrected chi connectivity index (χ0v) is 12.8. The standard InChI is InChI=1S/C16H17F3N2O2/c1-20(2)15(22)23-14-8-4-3-6-12(14)10-21-9-5-7-13(11-21)16(17,18)19/h3-6,8-9,11H,7,10H2,1-2H3. The lowest BCUT2D eigenvalue weighted by molar-refractivity contribution is -0.0942. The van der Waals surface area contributed by atoms with E-state index >= 15 is 0 Å². The molecule has 1 amide bonds. The number of carbonyl (C=O) groups excluding carboxylic acids is 1. The fraction of sp³-hybridized carbons (Fsp3) is 0.312. The van der Waals surface area contributed by atoms with Crippen LogP contribution in [0.15, 0.2) is 48.3 Å². The van der Waals surface area contributed by atoms with Crippen molar-refractivity contribution in [3.63, 3.8) is 0 Å². The molecule has 7 heteroatoms. The molecule has 1 aliphatic heterocycles. The second-order valence-electron chi connectivity index (χ2n) is 5.28. The van der Waals surface area contributed by atoms with Gasteiger partial charge in [-0.15, -0.1) is 0 Å². The third kappa shape index (κ3) is 4.51. The van der Waals surface area contributed by atoms with Crippen LogP contribution in [0, 0.1) is 0 Å². The third-order valence-electron chi connectivity index (χ3n) is 3.21. The summed E-state index contributed by atoms with van der Waals surface area (Å²) in [5, 5.41) is 0. The maximum atomic E-state index is 12.8. The van der Waals surface area contributed by atoms with Gasteiger partial charge in [-0.25, -0.2) is 4.79 Å². The monoisotopic (exact) mass is 326 g/mol. The van der Waals surface area contributed by atoms with Gasteiger partial charge in [0.05, 0.1) is 12.1 Å². The number of nitrogens with zero attached hydrogens (tertiary/aromatic N) is 2. The van der Waals surface area contributed by atoms with E-state index in [1.54, 1.807) is 44.6 Å². The summed E-state index contributed by atoms with van der Waals surface area (Å²) in [7, 11) is 3.10. The fourth-order valence-corrected chi connectivity index (χ4v) is 2.01. The van der Waals surface area contributed by atoms with Gasteiger partial charge in [-0.05, 0) is 12.5 Å². The van der Waals surface area contributed by atoms with Gasteiger partial charge >= 0.3 is 12.3 Å². The Morgan fingerprint density at radius 2 is 2.00 bits per heavy atom. The molecule has 23 heavy (non-hydrogen) atoms. The Morgan fingerprint density at radius 1 is 1.30 bits per heavy atom. The molecule has 0 aliphatic carbocycles.